The van der Waals surface area contributed by atoms with Crippen LogP contribution in [0.3, 0.4) is 0 Å². The molecule has 0 saturated heterocycles. The van der Waals surface area contributed by atoms with Crippen molar-refractivity contribution in [1.82, 2.24) is 15.1 Å². The molecule has 0 rings (SSSR count). The topological polar surface area (TPSA) is 35.6 Å². The molecule has 0 spiro atoms. The summed E-state index contributed by atoms with van der Waals surface area (Å²) in [5.41, 5.74) is 0.562. The average Bonchev–Trinajstić information content (AvgIpc) is 2.02. The van der Waals surface area contributed by atoms with Crippen LogP contribution in [0, 0.1) is 0 Å². The number of carbonyl (C=O) groups excluding carboxylic acids is 1. The summed E-state index contributed by atoms with van der Waals surface area (Å²) in [6.07, 6.45) is 0. The zero-order chi connectivity index (χ0) is 13.7. The van der Waals surface area contributed by atoms with Crippen molar-refractivity contribution in [3.05, 3.63) is 12.2 Å². The summed E-state index contributed by atoms with van der Waals surface area (Å²) in [7, 11) is 12.0. The van der Waals surface area contributed by atoms with Crippen LogP contribution < -0.4 is 5.32 Å². The molecule has 0 saturated carbocycles. The fourth-order valence-corrected chi connectivity index (χ4v) is 0.311. The highest BCUT2D eigenvalue weighted by Gasteiger charge is 1.95. The van der Waals surface area contributed by atoms with Crippen molar-refractivity contribution < 1.29 is 4.79 Å². The van der Waals surface area contributed by atoms with Gasteiger partial charge in [-0.25, -0.2) is 0 Å². The Kier molecular flexibility index (Phi) is 26.5. The molecule has 106 valence electrons. The Morgan fingerprint density at radius 3 is 1.35 bits per heavy atom. The number of likely N-dealkylation sites (N-methyl/N-ethyl adjacent to an activating group) is 1. The van der Waals surface area contributed by atoms with Crippen LogP contribution in [0.1, 0.15) is 13.8 Å². The van der Waals surface area contributed by atoms with Gasteiger partial charge in [0.05, 0.1) is 0 Å². The first-order chi connectivity index (χ1) is 7.14. The molecule has 5 heteroatoms. The van der Waals surface area contributed by atoms with Gasteiger partial charge >= 0.3 is 0 Å². The van der Waals surface area contributed by atoms with Crippen molar-refractivity contribution in [3.63, 3.8) is 0 Å². The quantitative estimate of drug-likeness (QED) is 0.770. The van der Waals surface area contributed by atoms with Crippen LogP contribution in [-0.4, -0.2) is 64.5 Å². The van der Waals surface area contributed by atoms with Crippen LogP contribution in [0.25, 0.3) is 0 Å². The minimum atomic E-state index is -0.0625. The number of amides is 1. The van der Waals surface area contributed by atoms with E-state index in [0.29, 0.717) is 12.1 Å². The fourth-order valence-electron chi connectivity index (χ4n) is 0.311. The average molecular weight is 268 g/mol. The van der Waals surface area contributed by atoms with Crippen molar-refractivity contribution in [1.29, 1.82) is 0 Å². The number of rotatable bonds is 2. The first-order valence-corrected chi connectivity index (χ1v) is 5.30. The van der Waals surface area contributed by atoms with E-state index in [1.807, 2.05) is 59.0 Å². The van der Waals surface area contributed by atoms with Gasteiger partial charge in [0.15, 0.2) is 0 Å². The molecule has 1 amide bonds. The maximum Gasteiger partial charge on any atom is 0.246 e. The van der Waals surface area contributed by atoms with Gasteiger partial charge in [0, 0.05) is 12.1 Å². The lowest BCUT2D eigenvalue weighted by molar-refractivity contribution is -0.117. The maximum atomic E-state index is 10.5. The second kappa shape index (κ2) is 17.8. The standard InChI is InChI=1S/C6H11NO.2C3H9N.ClH/c1-4-7-6(8)5(2)3;2*1-4(2)3;/h2,4H2,1,3H3,(H,7,8);2*1-3H3;1H. The number of nitrogens with zero attached hydrogens (tertiary/aromatic N) is 2. The van der Waals surface area contributed by atoms with Crippen LogP contribution in [0.4, 0.5) is 0 Å². The summed E-state index contributed by atoms with van der Waals surface area (Å²) in [6.45, 7) is 7.70. The molecular weight excluding hydrogens is 238 g/mol. The lowest BCUT2D eigenvalue weighted by Crippen LogP contribution is -2.22. The summed E-state index contributed by atoms with van der Waals surface area (Å²) >= 11 is 0. The summed E-state index contributed by atoms with van der Waals surface area (Å²) in [5, 5.41) is 2.61. The molecule has 0 heterocycles. The van der Waals surface area contributed by atoms with Gasteiger partial charge in [0.2, 0.25) is 5.91 Å². The monoisotopic (exact) mass is 267 g/mol. The molecule has 0 aliphatic carbocycles. The predicted molar refractivity (Wildman–Crippen MR) is 80.0 cm³/mol. The second-order valence-corrected chi connectivity index (χ2v) is 4.32. The van der Waals surface area contributed by atoms with Gasteiger partial charge in [-0.15, -0.1) is 12.4 Å². The minimum absolute atomic E-state index is 0. The molecule has 4 nitrogen and oxygen atoms in total. The largest absolute Gasteiger partial charge is 0.353 e. The Hall–Kier alpha value is -0.580. The van der Waals surface area contributed by atoms with Crippen molar-refractivity contribution in [2.75, 3.05) is 48.8 Å². The Bertz CT molecular complexity index is 171. The van der Waals surface area contributed by atoms with Gasteiger partial charge < -0.3 is 15.1 Å². The molecule has 0 bridgehead atoms. The lowest BCUT2D eigenvalue weighted by Gasteiger charge is -1.97. The zero-order valence-corrected chi connectivity index (χ0v) is 13.4. The maximum absolute atomic E-state index is 10.5. The highest BCUT2D eigenvalue weighted by molar-refractivity contribution is 5.91. The molecule has 0 aliphatic heterocycles. The third-order valence-electron chi connectivity index (χ3n) is 0.725. The van der Waals surface area contributed by atoms with Crippen molar-refractivity contribution in [3.8, 4) is 0 Å². The summed E-state index contributed by atoms with van der Waals surface area (Å²) in [4.78, 5) is 14.5. The van der Waals surface area contributed by atoms with Gasteiger partial charge in [-0.05, 0) is 56.1 Å². The molecule has 0 fully saturated rings. The molecule has 17 heavy (non-hydrogen) atoms. The van der Waals surface area contributed by atoms with Gasteiger partial charge in [0.1, 0.15) is 0 Å². The van der Waals surface area contributed by atoms with E-state index in [2.05, 4.69) is 11.9 Å². The third-order valence-corrected chi connectivity index (χ3v) is 0.725. The van der Waals surface area contributed by atoms with E-state index < -0.39 is 0 Å². The molecule has 0 aliphatic rings. The summed E-state index contributed by atoms with van der Waals surface area (Å²) in [6, 6.07) is 0. The normalized spacial score (nSPS) is 8.12. The molecular formula is C12H30ClN3O. The van der Waals surface area contributed by atoms with E-state index >= 15 is 0 Å². The molecule has 0 unspecified atom stereocenters. The first kappa shape index (κ1) is 25.3. The molecule has 0 radical (unpaired) electrons. The smallest absolute Gasteiger partial charge is 0.246 e. The van der Waals surface area contributed by atoms with Crippen molar-refractivity contribution in [2.45, 2.75) is 13.8 Å². The summed E-state index contributed by atoms with van der Waals surface area (Å²) in [5.74, 6) is -0.0625. The zero-order valence-electron chi connectivity index (χ0n) is 12.6. The lowest BCUT2D eigenvalue weighted by atomic mass is 10.3. The summed E-state index contributed by atoms with van der Waals surface area (Å²) < 4.78 is 0. The number of carbonyl (C=O) groups is 1. The van der Waals surface area contributed by atoms with Gasteiger partial charge in [-0.1, -0.05) is 6.58 Å². The molecule has 0 aromatic carbocycles. The number of hydrogen-bond acceptors (Lipinski definition) is 3. The minimum Gasteiger partial charge on any atom is -0.353 e. The second-order valence-electron chi connectivity index (χ2n) is 4.32. The predicted octanol–water partition coefficient (Wildman–Crippen LogP) is 1.48. The fraction of sp³-hybridized carbons (Fsp3) is 0.750. The van der Waals surface area contributed by atoms with Crippen LogP contribution >= 0.6 is 12.4 Å². The molecule has 1 N–H and O–H groups in total. The van der Waals surface area contributed by atoms with E-state index in [4.69, 9.17) is 0 Å². The Balaban J connectivity index is -0.0000000806. The number of halogens is 1. The Morgan fingerprint density at radius 2 is 1.29 bits per heavy atom. The van der Waals surface area contributed by atoms with E-state index in [0.717, 1.165) is 0 Å². The molecule has 0 aromatic heterocycles. The van der Waals surface area contributed by atoms with Crippen LogP contribution in [0.5, 0.6) is 0 Å². The first-order valence-electron chi connectivity index (χ1n) is 5.30. The van der Waals surface area contributed by atoms with Gasteiger partial charge in [-0.2, -0.15) is 0 Å². The van der Waals surface area contributed by atoms with Crippen LogP contribution in [0.15, 0.2) is 12.2 Å². The van der Waals surface area contributed by atoms with Gasteiger partial charge in [0.25, 0.3) is 0 Å². The van der Waals surface area contributed by atoms with Crippen molar-refractivity contribution >= 4 is 18.3 Å². The van der Waals surface area contributed by atoms with Crippen molar-refractivity contribution in [2.24, 2.45) is 0 Å². The SMILES string of the molecule is C=C(C)C(=O)NCC.CN(C)C.CN(C)C.Cl. The van der Waals surface area contributed by atoms with E-state index in [-0.39, 0.29) is 18.3 Å². The van der Waals surface area contributed by atoms with E-state index in [9.17, 15) is 4.79 Å². The Labute approximate surface area is 113 Å². The number of nitrogens with one attached hydrogen (secondary N) is 1. The third kappa shape index (κ3) is 67.4. The van der Waals surface area contributed by atoms with E-state index in [1.165, 1.54) is 0 Å². The highest BCUT2D eigenvalue weighted by Crippen LogP contribution is 1.82. The van der Waals surface area contributed by atoms with Gasteiger partial charge in [-0.3, -0.25) is 4.79 Å². The van der Waals surface area contributed by atoms with Crippen LogP contribution in [0.2, 0.25) is 0 Å². The molecule has 0 atom stereocenters. The Morgan fingerprint density at radius 1 is 1.06 bits per heavy atom. The molecule has 0 aromatic rings. The van der Waals surface area contributed by atoms with Crippen LogP contribution in [-0.2, 0) is 4.79 Å². The number of hydrogen-bond donors (Lipinski definition) is 1. The highest BCUT2D eigenvalue weighted by atomic mass is 35.5. The van der Waals surface area contributed by atoms with E-state index in [1.54, 1.807) is 6.92 Å².